The number of nitrogens with zero attached hydrogens (tertiary/aromatic N) is 1. The van der Waals surface area contributed by atoms with E-state index in [1.807, 2.05) is 0 Å². The fourth-order valence-corrected chi connectivity index (χ4v) is 3.37. The number of piperidine rings is 1. The zero-order valence-corrected chi connectivity index (χ0v) is 16.0. The molecule has 0 saturated carbocycles. The van der Waals surface area contributed by atoms with Crippen molar-refractivity contribution in [3.05, 3.63) is 29.3 Å². The molecule has 2 amide bonds. The largest absolute Gasteiger partial charge is 0.453 e. The van der Waals surface area contributed by atoms with Gasteiger partial charge in [-0.2, -0.15) is 0 Å². The lowest BCUT2D eigenvalue weighted by molar-refractivity contribution is -0.121. The molecule has 0 aliphatic carbocycles. The van der Waals surface area contributed by atoms with E-state index in [2.05, 4.69) is 51.2 Å². The lowest BCUT2D eigenvalue weighted by Crippen LogP contribution is -2.41. The minimum absolute atomic E-state index is 0.0551. The Balaban J connectivity index is 2.12. The summed E-state index contributed by atoms with van der Waals surface area (Å²) in [5.74, 6) is 0.672. The van der Waals surface area contributed by atoms with E-state index in [1.165, 1.54) is 18.2 Å². The Morgan fingerprint density at radius 3 is 2.04 bits per heavy atom. The van der Waals surface area contributed by atoms with Crippen molar-refractivity contribution in [2.24, 2.45) is 5.92 Å². The standard InChI is InChI=1S/C20H30N2O3/c1-13(2)16-7-6-8-17(14(3)4)18(16)21-19(23)15-9-11-22(12-10-15)20(24)25-5/h6-8,13-15H,9-12H2,1-5H3,(H,21,23). The molecular weight excluding hydrogens is 316 g/mol. The van der Waals surface area contributed by atoms with Gasteiger partial charge < -0.3 is 15.0 Å². The molecule has 1 fully saturated rings. The average molecular weight is 346 g/mol. The van der Waals surface area contributed by atoms with Crippen LogP contribution in [0.4, 0.5) is 10.5 Å². The molecule has 1 heterocycles. The van der Waals surface area contributed by atoms with E-state index < -0.39 is 0 Å². The van der Waals surface area contributed by atoms with Crippen LogP contribution in [-0.2, 0) is 9.53 Å². The van der Waals surface area contributed by atoms with Crippen molar-refractivity contribution in [1.82, 2.24) is 4.90 Å². The van der Waals surface area contributed by atoms with Crippen molar-refractivity contribution in [2.45, 2.75) is 52.4 Å². The predicted octanol–water partition coefficient (Wildman–Crippen LogP) is 4.35. The third kappa shape index (κ3) is 4.53. The molecule has 0 spiro atoms. The fourth-order valence-electron chi connectivity index (χ4n) is 3.37. The SMILES string of the molecule is COC(=O)N1CCC(C(=O)Nc2c(C(C)C)cccc2C(C)C)CC1. The molecule has 1 aromatic carbocycles. The number of carbonyl (C=O) groups is 2. The fraction of sp³-hybridized carbons (Fsp3) is 0.600. The van der Waals surface area contributed by atoms with Gasteiger partial charge in [0.25, 0.3) is 0 Å². The Hall–Kier alpha value is -2.04. The van der Waals surface area contributed by atoms with Crippen LogP contribution in [0, 0.1) is 5.92 Å². The first-order chi connectivity index (χ1) is 11.8. The van der Waals surface area contributed by atoms with E-state index in [0.717, 1.165) is 5.69 Å². The summed E-state index contributed by atoms with van der Waals surface area (Å²) in [6.45, 7) is 9.70. The van der Waals surface area contributed by atoms with Crippen LogP contribution in [0.2, 0.25) is 0 Å². The van der Waals surface area contributed by atoms with E-state index in [4.69, 9.17) is 4.74 Å². The molecule has 25 heavy (non-hydrogen) atoms. The molecule has 1 aliphatic rings. The molecule has 0 aromatic heterocycles. The maximum atomic E-state index is 12.8. The van der Waals surface area contributed by atoms with Gasteiger partial charge in [-0.15, -0.1) is 0 Å². The number of hydrogen-bond acceptors (Lipinski definition) is 3. The third-order valence-corrected chi connectivity index (χ3v) is 4.92. The topological polar surface area (TPSA) is 58.6 Å². The smallest absolute Gasteiger partial charge is 0.409 e. The summed E-state index contributed by atoms with van der Waals surface area (Å²) >= 11 is 0. The quantitative estimate of drug-likeness (QED) is 0.882. The first kappa shape index (κ1) is 19.3. The summed E-state index contributed by atoms with van der Waals surface area (Å²) in [6, 6.07) is 6.24. The molecule has 138 valence electrons. The highest BCUT2D eigenvalue weighted by atomic mass is 16.5. The third-order valence-electron chi connectivity index (χ3n) is 4.92. The summed E-state index contributed by atoms with van der Waals surface area (Å²) in [7, 11) is 1.39. The minimum Gasteiger partial charge on any atom is -0.453 e. The Morgan fingerprint density at radius 2 is 1.60 bits per heavy atom. The number of carbonyl (C=O) groups excluding carboxylic acids is 2. The first-order valence-electron chi connectivity index (χ1n) is 9.11. The summed E-state index contributed by atoms with van der Waals surface area (Å²) in [5, 5.41) is 3.20. The van der Waals surface area contributed by atoms with Crippen molar-refractivity contribution in [3.63, 3.8) is 0 Å². The van der Waals surface area contributed by atoms with Gasteiger partial charge in [-0.05, 0) is 35.8 Å². The lowest BCUT2D eigenvalue weighted by Gasteiger charge is -2.30. The number of anilines is 1. The Bertz CT molecular complexity index is 591. The number of likely N-dealkylation sites (tertiary alicyclic amines) is 1. The van der Waals surface area contributed by atoms with Crippen molar-refractivity contribution in [3.8, 4) is 0 Å². The van der Waals surface area contributed by atoms with Crippen LogP contribution in [0.1, 0.15) is 63.5 Å². The van der Waals surface area contributed by atoms with Gasteiger partial charge in [-0.1, -0.05) is 45.9 Å². The Kier molecular flexibility index (Phi) is 6.45. The van der Waals surface area contributed by atoms with Crippen molar-refractivity contribution >= 4 is 17.7 Å². The number of para-hydroxylation sites is 1. The normalized spacial score (nSPS) is 15.6. The molecule has 0 radical (unpaired) electrons. The van der Waals surface area contributed by atoms with Crippen LogP contribution in [0.25, 0.3) is 0 Å². The molecule has 1 N–H and O–H groups in total. The average Bonchev–Trinajstić information content (AvgIpc) is 2.60. The highest BCUT2D eigenvalue weighted by Crippen LogP contribution is 2.33. The van der Waals surface area contributed by atoms with E-state index in [0.29, 0.717) is 37.8 Å². The number of hydrogen-bond donors (Lipinski definition) is 1. The van der Waals surface area contributed by atoms with E-state index in [1.54, 1.807) is 4.90 Å². The minimum atomic E-state index is -0.314. The summed E-state index contributed by atoms with van der Waals surface area (Å²) in [6.07, 6.45) is 1.02. The second-order valence-corrected chi connectivity index (χ2v) is 7.34. The molecule has 2 rings (SSSR count). The summed E-state index contributed by atoms with van der Waals surface area (Å²) < 4.78 is 4.75. The van der Waals surface area contributed by atoms with Gasteiger partial charge in [0.2, 0.25) is 5.91 Å². The Labute approximate surface area is 150 Å². The van der Waals surface area contributed by atoms with E-state index in [9.17, 15) is 9.59 Å². The zero-order valence-electron chi connectivity index (χ0n) is 16.0. The van der Waals surface area contributed by atoms with E-state index in [-0.39, 0.29) is 17.9 Å². The van der Waals surface area contributed by atoms with Gasteiger partial charge in [0.1, 0.15) is 0 Å². The van der Waals surface area contributed by atoms with Crippen LogP contribution < -0.4 is 5.32 Å². The molecule has 5 heteroatoms. The highest BCUT2D eigenvalue weighted by Gasteiger charge is 2.28. The van der Waals surface area contributed by atoms with Crippen LogP contribution in [0.15, 0.2) is 18.2 Å². The van der Waals surface area contributed by atoms with Crippen LogP contribution >= 0.6 is 0 Å². The van der Waals surface area contributed by atoms with Crippen LogP contribution in [-0.4, -0.2) is 37.1 Å². The summed E-state index contributed by atoms with van der Waals surface area (Å²) in [5.41, 5.74) is 3.31. The maximum Gasteiger partial charge on any atom is 0.409 e. The number of methoxy groups -OCH3 is 1. The number of rotatable bonds is 4. The second-order valence-electron chi connectivity index (χ2n) is 7.34. The summed E-state index contributed by atoms with van der Waals surface area (Å²) in [4.78, 5) is 26.1. The van der Waals surface area contributed by atoms with Gasteiger partial charge in [0.15, 0.2) is 0 Å². The van der Waals surface area contributed by atoms with Gasteiger partial charge in [-0.25, -0.2) is 4.79 Å². The maximum absolute atomic E-state index is 12.8. The molecule has 0 unspecified atom stereocenters. The van der Waals surface area contributed by atoms with Crippen molar-refractivity contribution in [1.29, 1.82) is 0 Å². The van der Waals surface area contributed by atoms with E-state index >= 15 is 0 Å². The number of amides is 2. The molecule has 1 aromatic rings. The van der Waals surface area contributed by atoms with Gasteiger partial charge in [-0.3, -0.25) is 4.79 Å². The second kappa shape index (κ2) is 8.37. The highest BCUT2D eigenvalue weighted by molar-refractivity contribution is 5.94. The van der Waals surface area contributed by atoms with Gasteiger partial charge in [0, 0.05) is 24.7 Å². The molecule has 0 bridgehead atoms. The molecule has 5 nitrogen and oxygen atoms in total. The van der Waals surface area contributed by atoms with Crippen molar-refractivity contribution in [2.75, 3.05) is 25.5 Å². The zero-order chi connectivity index (χ0) is 18.6. The molecular formula is C20H30N2O3. The molecule has 0 atom stereocenters. The monoisotopic (exact) mass is 346 g/mol. The van der Waals surface area contributed by atoms with Crippen molar-refractivity contribution < 1.29 is 14.3 Å². The predicted molar refractivity (Wildman–Crippen MR) is 100.0 cm³/mol. The first-order valence-corrected chi connectivity index (χ1v) is 9.11. The molecule has 1 aliphatic heterocycles. The van der Waals surface area contributed by atoms with Gasteiger partial charge >= 0.3 is 6.09 Å². The number of benzene rings is 1. The lowest BCUT2D eigenvalue weighted by atomic mass is 9.91. The number of nitrogens with one attached hydrogen (secondary N) is 1. The molecule has 1 saturated heterocycles. The van der Waals surface area contributed by atoms with Gasteiger partial charge in [0.05, 0.1) is 7.11 Å². The van der Waals surface area contributed by atoms with Crippen LogP contribution in [0.3, 0.4) is 0 Å². The number of ether oxygens (including phenoxy) is 1. The Morgan fingerprint density at radius 1 is 1.08 bits per heavy atom. The van der Waals surface area contributed by atoms with Crippen LogP contribution in [0.5, 0.6) is 0 Å².